The molecule has 2 rings (SSSR count). The third kappa shape index (κ3) is 6.39. The average Bonchev–Trinajstić information content (AvgIpc) is 2.66. The lowest BCUT2D eigenvalue weighted by atomic mass is 10.1. The molecule has 0 aliphatic heterocycles. The summed E-state index contributed by atoms with van der Waals surface area (Å²) in [4.78, 5) is 36.1. The number of carbonyl (C=O) groups excluding carboxylic acids is 3. The minimum absolute atomic E-state index is 0.343. The number of esters is 1. The van der Waals surface area contributed by atoms with Gasteiger partial charge in [-0.15, -0.1) is 0 Å². The highest BCUT2D eigenvalue weighted by molar-refractivity contribution is 5.98. The SMILES string of the molecule is CCNC(=O)NC(=O)[C@H](OC(=O)/C=C/c1ccc(F)cc1)c1ccccc1. The van der Waals surface area contributed by atoms with Crippen LogP contribution in [0.2, 0.25) is 0 Å². The third-order valence-electron chi connectivity index (χ3n) is 3.43. The van der Waals surface area contributed by atoms with Crippen molar-refractivity contribution in [3.05, 3.63) is 77.6 Å². The lowest BCUT2D eigenvalue weighted by molar-refractivity contribution is -0.151. The standard InChI is InChI=1S/C20H19FN2O4/c1-2-22-20(26)23-19(25)18(15-6-4-3-5-7-15)27-17(24)13-10-14-8-11-16(21)12-9-14/h3-13,18H,2H2,1H3,(H2,22,23,25,26)/b13-10+/t18-/m1/s1. The van der Waals surface area contributed by atoms with Crippen LogP contribution in [0.25, 0.3) is 6.08 Å². The maximum atomic E-state index is 12.9. The molecule has 0 heterocycles. The summed E-state index contributed by atoms with van der Waals surface area (Å²) < 4.78 is 18.1. The van der Waals surface area contributed by atoms with Crippen LogP contribution in [0.1, 0.15) is 24.2 Å². The second kappa shape index (κ2) is 9.86. The normalized spacial score (nSPS) is 11.6. The summed E-state index contributed by atoms with van der Waals surface area (Å²) in [5.41, 5.74) is 1.01. The van der Waals surface area contributed by atoms with Crippen molar-refractivity contribution >= 4 is 24.0 Å². The number of carbonyl (C=O) groups is 3. The van der Waals surface area contributed by atoms with E-state index in [4.69, 9.17) is 4.74 Å². The molecule has 27 heavy (non-hydrogen) atoms. The summed E-state index contributed by atoms with van der Waals surface area (Å²) in [6.07, 6.45) is 1.27. The lowest BCUT2D eigenvalue weighted by Gasteiger charge is -2.16. The van der Waals surface area contributed by atoms with Gasteiger partial charge in [-0.3, -0.25) is 10.1 Å². The van der Waals surface area contributed by atoms with Gasteiger partial charge in [0.15, 0.2) is 0 Å². The van der Waals surface area contributed by atoms with Crippen LogP contribution in [0, 0.1) is 5.82 Å². The molecule has 0 radical (unpaired) electrons. The van der Waals surface area contributed by atoms with Crippen molar-refractivity contribution in [1.29, 1.82) is 0 Å². The number of hydrogen-bond acceptors (Lipinski definition) is 4. The van der Waals surface area contributed by atoms with E-state index in [2.05, 4.69) is 10.6 Å². The first-order valence-corrected chi connectivity index (χ1v) is 8.27. The zero-order chi connectivity index (χ0) is 19.6. The maximum absolute atomic E-state index is 12.9. The molecule has 0 aliphatic rings. The molecule has 0 aromatic heterocycles. The van der Waals surface area contributed by atoms with Crippen LogP contribution in [0.4, 0.5) is 9.18 Å². The van der Waals surface area contributed by atoms with Crippen molar-refractivity contribution in [3.8, 4) is 0 Å². The Hall–Kier alpha value is -3.48. The summed E-state index contributed by atoms with van der Waals surface area (Å²) >= 11 is 0. The Morgan fingerprint density at radius 1 is 1.07 bits per heavy atom. The smallest absolute Gasteiger partial charge is 0.331 e. The molecule has 0 bridgehead atoms. The monoisotopic (exact) mass is 370 g/mol. The largest absolute Gasteiger partial charge is 0.444 e. The molecule has 2 N–H and O–H groups in total. The highest BCUT2D eigenvalue weighted by atomic mass is 19.1. The van der Waals surface area contributed by atoms with Crippen molar-refractivity contribution in [2.24, 2.45) is 0 Å². The van der Waals surface area contributed by atoms with Gasteiger partial charge in [0.2, 0.25) is 6.10 Å². The summed E-state index contributed by atoms with van der Waals surface area (Å²) in [7, 11) is 0. The van der Waals surface area contributed by atoms with E-state index in [0.29, 0.717) is 17.7 Å². The molecule has 0 fully saturated rings. The first kappa shape index (κ1) is 19.8. The van der Waals surface area contributed by atoms with Gasteiger partial charge < -0.3 is 10.1 Å². The van der Waals surface area contributed by atoms with E-state index in [9.17, 15) is 18.8 Å². The van der Waals surface area contributed by atoms with Crippen LogP contribution in [-0.2, 0) is 14.3 Å². The van der Waals surface area contributed by atoms with Crippen LogP contribution in [0.3, 0.4) is 0 Å². The van der Waals surface area contributed by atoms with Crippen LogP contribution >= 0.6 is 0 Å². The molecule has 0 spiro atoms. The Morgan fingerprint density at radius 3 is 2.37 bits per heavy atom. The summed E-state index contributed by atoms with van der Waals surface area (Å²) in [5, 5.41) is 4.56. The Morgan fingerprint density at radius 2 is 1.74 bits per heavy atom. The highest BCUT2D eigenvalue weighted by Crippen LogP contribution is 2.18. The van der Waals surface area contributed by atoms with Crippen LogP contribution < -0.4 is 10.6 Å². The van der Waals surface area contributed by atoms with Gasteiger partial charge in [0.25, 0.3) is 5.91 Å². The van der Waals surface area contributed by atoms with Gasteiger partial charge in [0.05, 0.1) is 0 Å². The quantitative estimate of drug-likeness (QED) is 0.605. The van der Waals surface area contributed by atoms with E-state index < -0.39 is 24.0 Å². The first-order valence-electron chi connectivity index (χ1n) is 8.27. The molecule has 7 heteroatoms. The van der Waals surface area contributed by atoms with Crippen LogP contribution in [0.15, 0.2) is 60.7 Å². The molecule has 0 unspecified atom stereocenters. The Kier molecular flexibility index (Phi) is 7.25. The predicted octanol–water partition coefficient (Wildman–Crippen LogP) is 2.97. The fraction of sp³-hybridized carbons (Fsp3) is 0.150. The molecule has 2 aromatic rings. The van der Waals surface area contributed by atoms with Crippen molar-refractivity contribution in [2.75, 3.05) is 6.54 Å². The number of ether oxygens (including phenoxy) is 1. The van der Waals surface area contributed by atoms with Crippen molar-refractivity contribution < 1.29 is 23.5 Å². The van der Waals surface area contributed by atoms with E-state index in [0.717, 1.165) is 6.08 Å². The van der Waals surface area contributed by atoms with Gasteiger partial charge in [-0.05, 0) is 30.7 Å². The summed E-state index contributed by atoms with van der Waals surface area (Å²) in [6.45, 7) is 2.05. The number of rotatable bonds is 6. The summed E-state index contributed by atoms with van der Waals surface area (Å²) in [5.74, 6) is -1.93. The average molecular weight is 370 g/mol. The number of nitrogens with one attached hydrogen (secondary N) is 2. The number of benzene rings is 2. The van der Waals surface area contributed by atoms with Crippen LogP contribution in [-0.4, -0.2) is 24.5 Å². The zero-order valence-electron chi connectivity index (χ0n) is 14.6. The molecule has 0 saturated carbocycles. The number of imide groups is 1. The van der Waals surface area contributed by atoms with Crippen molar-refractivity contribution in [3.63, 3.8) is 0 Å². The fourth-order valence-electron chi connectivity index (χ4n) is 2.18. The first-order chi connectivity index (χ1) is 13.0. The third-order valence-corrected chi connectivity index (χ3v) is 3.43. The second-order valence-corrected chi connectivity index (χ2v) is 5.46. The maximum Gasteiger partial charge on any atom is 0.331 e. The van der Waals surface area contributed by atoms with E-state index in [-0.39, 0.29) is 5.82 Å². The van der Waals surface area contributed by atoms with Gasteiger partial charge in [-0.1, -0.05) is 42.5 Å². The molecule has 1 atom stereocenters. The van der Waals surface area contributed by atoms with Gasteiger partial charge in [0.1, 0.15) is 5.82 Å². The molecule has 2 aromatic carbocycles. The number of amides is 3. The van der Waals surface area contributed by atoms with Gasteiger partial charge in [-0.25, -0.2) is 14.0 Å². The zero-order valence-corrected chi connectivity index (χ0v) is 14.6. The Labute approximate surface area is 156 Å². The number of hydrogen-bond donors (Lipinski definition) is 2. The minimum atomic E-state index is -1.29. The molecule has 6 nitrogen and oxygen atoms in total. The Bertz CT molecular complexity index is 820. The Balaban J connectivity index is 2.11. The van der Waals surface area contributed by atoms with E-state index in [1.54, 1.807) is 37.3 Å². The molecule has 0 saturated heterocycles. The van der Waals surface area contributed by atoms with Gasteiger partial charge in [-0.2, -0.15) is 0 Å². The second-order valence-electron chi connectivity index (χ2n) is 5.46. The van der Waals surface area contributed by atoms with E-state index in [1.165, 1.54) is 30.3 Å². The van der Waals surface area contributed by atoms with Crippen LogP contribution in [0.5, 0.6) is 0 Å². The summed E-state index contributed by atoms with van der Waals surface area (Å²) in [6, 6.07) is 13.2. The number of halogens is 1. The molecular formula is C20H19FN2O4. The highest BCUT2D eigenvalue weighted by Gasteiger charge is 2.25. The molecule has 0 aliphatic carbocycles. The van der Waals surface area contributed by atoms with Crippen molar-refractivity contribution in [2.45, 2.75) is 13.0 Å². The van der Waals surface area contributed by atoms with E-state index in [1.807, 2.05) is 0 Å². The molecule has 3 amide bonds. The minimum Gasteiger partial charge on any atom is -0.444 e. The predicted molar refractivity (Wildman–Crippen MR) is 97.9 cm³/mol. The number of urea groups is 1. The van der Waals surface area contributed by atoms with E-state index >= 15 is 0 Å². The topological polar surface area (TPSA) is 84.5 Å². The molecular weight excluding hydrogens is 351 g/mol. The van der Waals surface area contributed by atoms with Gasteiger partial charge >= 0.3 is 12.0 Å². The fourth-order valence-corrected chi connectivity index (χ4v) is 2.18. The van der Waals surface area contributed by atoms with Gasteiger partial charge in [0, 0.05) is 18.2 Å². The molecule has 140 valence electrons. The lowest BCUT2D eigenvalue weighted by Crippen LogP contribution is -2.42. The van der Waals surface area contributed by atoms with Crippen molar-refractivity contribution in [1.82, 2.24) is 10.6 Å².